The van der Waals surface area contributed by atoms with Crippen LogP contribution < -0.4 is 11.1 Å². The molecule has 0 saturated heterocycles. The normalized spacial score (nSPS) is 10.3. The van der Waals surface area contributed by atoms with Crippen molar-refractivity contribution in [3.05, 3.63) is 57.0 Å². The van der Waals surface area contributed by atoms with Crippen molar-refractivity contribution in [2.45, 2.75) is 0 Å². The van der Waals surface area contributed by atoms with Crippen LogP contribution in [0.2, 0.25) is 15.1 Å². The minimum absolute atomic E-state index is 0.259. The highest BCUT2D eigenvalue weighted by Gasteiger charge is 2.08. The van der Waals surface area contributed by atoms with Crippen LogP contribution in [0.3, 0.4) is 0 Å². The number of hydrogen-bond acceptors (Lipinski definition) is 2. The minimum Gasteiger partial charge on any atom is -0.389 e. The summed E-state index contributed by atoms with van der Waals surface area (Å²) < 4.78 is 0. The fourth-order valence-electron chi connectivity index (χ4n) is 1.57. The molecule has 2 rings (SSSR count). The van der Waals surface area contributed by atoms with E-state index in [9.17, 15) is 0 Å². The van der Waals surface area contributed by atoms with E-state index >= 15 is 0 Å². The van der Waals surface area contributed by atoms with Crippen LogP contribution in [0.25, 0.3) is 0 Å². The monoisotopic (exact) mass is 330 g/mol. The van der Waals surface area contributed by atoms with Crippen LogP contribution in [-0.4, -0.2) is 4.99 Å². The first-order valence-electron chi connectivity index (χ1n) is 5.29. The van der Waals surface area contributed by atoms with Crippen molar-refractivity contribution in [3.8, 4) is 0 Å². The summed E-state index contributed by atoms with van der Waals surface area (Å²) in [6.45, 7) is 0. The molecule has 6 heteroatoms. The Bertz CT molecular complexity index is 644. The maximum Gasteiger partial charge on any atom is 0.106 e. The van der Waals surface area contributed by atoms with E-state index in [-0.39, 0.29) is 4.99 Å². The summed E-state index contributed by atoms with van der Waals surface area (Å²) in [6, 6.07) is 10.4. The molecule has 0 atom stereocenters. The van der Waals surface area contributed by atoms with Gasteiger partial charge >= 0.3 is 0 Å². The third-order valence-corrected chi connectivity index (χ3v) is 3.45. The Balaban J connectivity index is 2.40. The van der Waals surface area contributed by atoms with Gasteiger partial charge in [0.2, 0.25) is 0 Å². The summed E-state index contributed by atoms with van der Waals surface area (Å²) in [6.07, 6.45) is 0. The number of nitrogens with one attached hydrogen (secondary N) is 1. The number of nitrogens with two attached hydrogens (primary N) is 1. The number of benzene rings is 2. The average Bonchev–Trinajstić information content (AvgIpc) is 2.34. The third-order valence-electron chi connectivity index (χ3n) is 2.45. The van der Waals surface area contributed by atoms with E-state index in [1.165, 1.54) is 0 Å². The van der Waals surface area contributed by atoms with Crippen molar-refractivity contribution in [2.24, 2.45) is 5.73 Å². The molecule has 2 aromatic carbocycles. The van der Waals surface area contributed by atoms with Gasteiger partial charge in [0.1, 0.15) is 4.99 Å². The number of thiocarbonyl (C=S) groups is 1. The lowest BCUT2D eigenvalue weighted by atomic mass is 10.1. The molecule has 3 N–H and O–H groups in total. The van der Waals surface area contributed by atoms with Crippen molar-refractivity contribution in [3.63, 3.8) is 0 Å². The lowest BCUT2D eigenvalue weighted by Crippen LogP contribution is -2.12. The SMILES string of the molecule is NC(=S)c1cc(Cl)ccc1Nc1ccc(Cl)cc1Cl. The molecule has 0 aliphatic carbocycles. The maximum atomic E-state index is 6.11. The lowest BCUT2D eigenvalue weighted by Gasteiger charge is -2.13. The Morgan fingerprint density at radius 2 is 1.53 bits per heavy atom. The van der Waals surface area contributed by atoms with E-state index in [0.29, 0.717) is 26.3 Å². The van der Waals surface area contributed by atoms with Gasteiger partial charge in [0.15, 0.2) is 0 Å². The molecule has 0 radical (unpaired) electrons. The van der Waals surface area contributed by atoms with Gasteiger partial charge < -0.3 is 11.1 Å². The third kappa shape index (κ3) is 3.51. The molecule has 0 aliphatic rings. The van der Waals surface area contributed by atoms with Gasteiger partial charge in [0.25, 0.3) is 0 Å². The van der Waals surface area contributed by atoms with E-state index in [2.05, 4.69) is 5.32 Å². The van der Waals surface area contributed by atoms with Gasteiger partial charge in [-0.15, -0.1) is 0 Å². The highest BCUT2D eigenvalue weighted by Crippen LogP contribution is 2.30. The zero-order valence-electron chi connectivity index (χ0n) is 9.58. The summed E-state index contributed by atoms with van der Waals surface area (Å²) in [4.78, 5) is 0.259. The van der Waals surface area contributed by atoms with Gasteiger partial charge in [-0.05, 0) is 36.4 Å². The second-order valence-electron chi connectivity index (χ2n) is 3.80. The zero-order valence-corrected chi connectivity index (χ0v) is 12.7. The van der Waals surface area contributed by atoms with Gasteiger partial charge in [-0.1, -0.05) is 47.0 Å². The predicted molar refractivity (Wildman–Crippen MR) is 87.1 cm³/mol. The smallest absolute Gasteiger partial charge is 0.106 e. The minimum atomic E-state index is 0.259. The van der Waals surface area contributed by atoms with E-state index in [0.717, 1.165) is 5.69 Å². The molecule has 2 aromatic rings. The molecule has 19 heavy (non-hydrogen) atoms. The molecular formula is C13H9Cl3N2S. The molecule has 0 aromatic heterocycles. The molecular weight excluding hydrogens is 323 g/mol. The van der Waals surface area contributed by atoms with Crippen molar-refractivity contribution in [2.75, 3.05) is 5.32 Å². The van der Waals surface area contributed by atoms with Gasteiger partial charge in [-0.25, -0.2) is 0 Å². The second kappa shape index (κ2) is 5.97. The highest BCUT2D eigenvalue weighted by molar-refractivity contribution is 7.80. The molecule has 0 saturated carbocycles. The largest absolute Gasteiger partial charge is 0.389 e. The van der Waals surface area contributed by atoms with Crippen LogP contribution in [0.1, 0.15) is 5.56 Å². The fraction of sp³-hybridized carbons (Fsp3) is 0. The quantitative estimate of drug-likeness (QED) is 0.775. The molecule has 0 aliphatic heterocycles. The van der Waals surface area contributed by atoms with Crippen molar-refractivity contribution in [1.82, 2.24) is 0 Å². The van der Waals surface area contributed by atoms with Crippen LogP contribution in [-0.2, 0) is 0 Å². The fourth-order valence-corrected chi connectivity index (χ4v) is 2.36. The van der Waals surface area contributed by atoms with Crippen molar-refractivity contribution >= 4 is 63.4 Å². The van der Waals surface area contributed by atoms with Gasteiger partial charge in [-0.3, -0.25) is 0 Å². The van der Waals surface area contributed by atoms with Crippen LogP contribution in [0.4, 0.5) is 11.4 Å². The topological polar surface area (TPSA) is 38.0 Å². The average molecular weight is 332 g/mol. The van der Waals surface area contributed by atoms with Crippen molar-refractivity contribution in [1.29, 1.82) is 0 Å². The summed E-state index contributed by atoms with van der Waals surface area (Å²) in [5.41, 5.74) is 7.79. The van der Waals surface area contributed by atoms with Gasteiger partial charge in [-0.2, -0.15) is 0 Å². The number of hydrogen-bond donors (Lipinski definition) is 2. The standard InChI is InChI=1S/C13H9Cl3N2S/c14-7-1-3-11(9(5-7)13(17)19)18-12-4-2-8(15)6-10(12)16/h1-6,18H,(H2,17,19). The molecule has 0 fully saturated rings. The lowest BCUT2D eigenvalue weighted by molar-refractivity contribution is 1.52. The molecule has 0 unspecified atom stereocenters. The molecule has 0 heterocycles. The first kappa shape index (κ1) is 14.4. The number of halogens is 3. The molecule has 0 spiro atoms. The molecule has 0 bridgehead atoms. The van der Waals surface area contributed by atoms with Crippen molar-refractivity contribution < 1.29 is 0 Å². The maximum absolute atomic E-state index is 6.11. The Labute approximate surface area is 131 Å². The highest BCUT2D eigenvalue weighted by atomic mass is 35.5. The Morgan fingerprint density at radius 1 is 0.947 bits per heavy atom. The molecule has 2 nitrogen and oxygen atoms in total. The molecule has 0 amide bonds. The summed E-state index contributed by atoms with van der Waals surface area (Å²) in [7, 11) is 0. The predicted octanol–water partition coefficient (Wildman–Crippen LogP) is 5.02. The summed E-state index contributed by atoms with van der Waals surface area (Å²) in [5, 5.41) is 4.81. The van der Waals surface area contributed by atoms with E-state index in [1.54, 1.807) is 36.4 Å². The first-order valence-corrected chi connectivity index (χ1v) is 6.83. The Kier molecular flexibility index (Phi) is 4.53. The first-order chi connectivity index (χ1) is 8.97. The van der Waals surface area contributed by atoms with Gasteiger partial charge in [0.05, 0.1) is 10.7 Å². The summed E-state index contributed by atoms with van der Waals surface area (Å²) in [5.74, 6) is 0. The molecule has 98 valence electrons. The zero-order chi connectivity index (χ0) is 14.0. The van der Waals surface area contributed by atoms with Crippen LogP contribution in [0, 0.1) is 0 Å². The summed E-state index contributed by atoms with van der Waals surface area (Å²) >= 11 is 22.9. The van der Waals surface area contributed by atoms with Crippen LogP contribution in [0.15, 0.2) is 36.4 Å². The number of anilines is 2. The van der Waals surface area contributed by atoms with Gasteiger partial charge in [0, 0.05) is 21.3 Å². The van der Waals surface area contributed by atoms with E-state index in [1.807, 2.05) is 0 Å². The Morgan fingerprint density at radius 3 is 2.11 bits per heavy atom. The second-order valence-corrected chi connectivity index (χ2v) is 5.52. The van der Waals surface area contributed by atoms with Crippen LogP contribution in [0.5, 0.6) is 0 Å². The Hall–Kier alpha value is -1.000. The van der Waals surface area contributed by atoms with Crippen LogP contribution >= 0.6 is 47.0 Å². The number of rotatable bonds is 3. The van der Waals surface area contributed by atoms with E-state index < -0.39 is 0 Å². The van der Waals surface area contributed by atoms with E-state index in [4.69, 9.17) is 52.8 Å².